The topological polar surface area (TPSA) is 12.0 Å². The van der Waals surface area contributed by atoms with E-state index in [1.54, 1.807) is 0 Å². The molecule has 0 amide bonds. The van der Waals surface area contributed by atoms with Crippen LogP contribution in [0.15, 0.2) is 18.2 Å². The highest BCUT2D eigenvalue weighted by atomic mass is 35.5. The largest absolute Gasteiger partial charge is 0.319 e. The van der Waals surface area contributed by atoms with Crippen LogP contribution in [0, 0.1) is 18.8 Å². The molecule has 1 aromatic carbocycles. The van der Waals surface area contributed by atoms with Crippen molar-refractivity contribution in [1.29, 1.82) is 0 Å². The van der Waals surface area contributed by atoms with Crippen molar-refractivity contribution >= 4 is 11.6 Å². The summed E-state index contributed by atoms with van der Waals surface area (Å²) in [6.07, 6.45) is 0.848. The van der Waals surface area contributed by atoms with E-state index in [2.05, 4.69) is 17.2 Å². The van der Waals surface area contributed by atoms with E-state index in [-0.39, 0.29) is 0 Å². The second-order valence-corrected chi connectivity index (χ2v) is 3.47. The minimum atomic E-state index is 0.768. The predicted octanol–water partition coefficient (Wildman–Crippen LogP) is 2.61. The Morgan fingerprint density at radius 3 is 2.93 bits per heavy atom. The summed E-state index contributed by atoms with van der Waals surface area (Å²) in [7, 11) is 1.92. The number of nitrogens with one attached hydrogen (secondary N) is 1. The summed E-state index contributed by atoms with van der Waals surface area (Å²) in [5.41, 5.74) is 2.00. The zero-order chi connectivity index (χ0) is 10.4. The van der Waals surface area contributed by atoms with E-state index >= 15 is 0 Å². The molecule has 14 heavy (non-hydrogen) atoms. The van der Waals surface area contributed by atoms with Crippen LogP contribution in [-0.4, -0.2) is 13.6 Å². The first-order valence-electron chi connectivity index (χ1n) is 4.64. The van der Waals surface area contributed by atoms with Crippen molar-refractivity contribution in [2.45, 2.75) is 13.3 Å². The van der Waals surface area contributed by atoms with E-state index < -0.39 is 0 Å². The highest BCUT2D eigenvalue weighted by Crippen LogP contribution is 2.18. The van der Waals surface area contributed by atoms with Gasteiger partial charge in [-0.2, -0.15) is 0 Å². The zero-order valence-corrected chi connectivity index (χ0v) is 9.28. The molecule has 0 radical (unpaired) electrons. The highest BCUT2D eigenvalue weighted by molar-refractivity contribution is 6.32. The predicted molar refractivity (Wildman–Crippen MR) is 61.6 cm³/mol. The number of hydrogen-bond acceptors (Lipinski definition) is 1. The van der Waals surface area contributed by atoms with Crippen LogP contribution in [0.3, 0.4) is 0 Å². The SMILES string of the molecule is CNCCC#Cc1cccc(C)c1Cl. The third-order valence-corrected chi connectivity index (χ3v) is 2.42. The summed E-state index contributed by atoms with van der Waals surface area (Å²) >= 11 is 6.09. The maximum absolute atomic E-state index is 6.09. The van der Waals surface area contributed by atoms with Gasteiger partial charge in [0.2, 0.25) is 0 Å². The monoisotopic (exact) mass is 207 g/mol. The summed E-state index contributed by atoms with van der Waals surface area (Å²) in [6.45, 7) is 2.90. The minimum absolute atomic E-state index is 0.768. The molecule has 1 N–H and O–H groups in total. The van der Waals surface area contributed by atoms with E-state index in [0.29, 0.717) is 0 Å². The van der Waals surface area contributed by atoms with Crippen LogP contribution in [0.1, 0.15) is 17.5 Å². The smallest absolute Gasteiger partial charge is 0.0591 e. The molecule has 0 aromatic heterocycles. The fraction of sp³-hybridized carbons (Fsp3) is 0.333. The van der Waals surface area contributed by atoms with Gasteiger partial charge in [0, 0.05) is 18.5 Å². The Morgan fingerprint density at radius 1 is 1.43 bits per heavy atom. The molecule has 0 unspecified atom stereocenters. The van der Waals surface area contributed by atoms with E-state index in [0.717, 1.165) is 29.1 Å². The molecule has 0 heterocycles. The Kier molecular flexibility index (Phi) is 4.52. The Hall–Kier alpha value is -0.970. The molecule has 0 fully saturated rings. The van der Waals surface area contributed by atoms with Crippen molar-refractivity contribution in [2.24, 2.45) is 0 Å². The fourth-order valence-electron chi connectivity index (χ4n) is 1.09. The van der Waals surface area contributed by atoms with Crippen LogP contribution >= 0.6 is 11.6 Å². The quantitative estimate of drug-likeness (QED) is 0.581. The van der Waals surface area contributed by atoms with E-state index in [9.17, 15) is 0 Å². The fourth-order valence-corrected chi connectivity index (χ4v) is 1.26. The van der Waals surface area contributed by atoms with Crippen molar-refractivity contribution in [3.8, 4) is 11.8 Å². The van der Waals surface area contributed by atoms with Crippen LogP contribution in [0.2, 0.25) is 5.02 Å². The Bertz CT molecular complexity index is 360. The molecule has 1 aromatic rings. The number of hydrogen-bond donors (Lipinski definition) is 1. The number of rotatable bonds is 2. The van der Waals surface area contributed by atoms with Gasteiger partial charge in [0.05, 0.1) is 5.02 Å². The Balaban J connectivity index is 2.74. The standard InChI is InChI=1S/C12H14ClN/c1-10-6-5-8-11(12(10)13)7-3-4-9-14-2/h5-6,8,14H,4,9H2,1-2H3. The van der Waals surface area contributed by atoms with E-state index in [4.69, 9.17) is 11.6 Å². The molecule has 1 nitrogen and oxygen atoms in total. The normalized spacial score (nSPS) is 9.36. The van der Waals surface area contributed by atoms with Crippen LogP contribution in [0.4, 0.5) is 0 Å². The molecule has 0 saturated carbocycles. The lowest BCUT2D eigenvalue weighted by Crippen LogP contribution is -2.05. The van der Waals surface area contributed by atoms with Crippen molar-refractivity contribution in [1.82, 2.24) is 5.32 Å². The summed E-state index contributed by atoms with van der Waals surface area (Å²) in [6, 6.07) is 5.91. The number of halogens is 1. The molecule has 0 bridgehead atoms. The van der Waals surface area contributed by atoms with E-state index in [1.807, 2.05) is 32.2 Å². The van der Waals surface area contributed by atoms with Crippen LogP contribution in [-0.2, 0) is 0 Å². The molecule has 74 valence electrons. The molecule has 0 atom stereocenters. The second kappa shape index (κ2) is 5.70. The van der Waals surface area contributed by atoms with Crippen molar-refractivity contribution < 1.29 is 0 Å². The number of benzene rings is 1. The lowest BCUT2D eigenvalue weighted by molar-refractivity contribution is 0.818. The van der Waals surface area contributed by atoms with Crippen LogP contribution < -0.4 is 5.32 Å². The van der Waals surface area contributed by atoms with Crippen molar-refractivity contribution in [3.05, 3.63) is 34.3 Å². The first-order valence-corrected chi connectivity index (χ1v) is 5.02. The van der Waals surface area contributed by atoms with Gasteiger partial charge in [0.1, 0.15) is 0 Å². The highest BCUT2D eigenvalue weighted by Gasteiger charge is 1.98. The minimum Gasteiger partial charge on any atom is -0.319 e. The van der Waals surface area contributed by atoms with Crippen LogP contribution in [0.25, 0.3) is 0 Å². The second-order valence-electron chi connectivity index (χ2n) is 3.09. The molecule has 0 aliphatic rings. The first kappa shape index (κ1) is 11.1. The van der Waals surface area contributed by atoms with Gasteiger partial charge in [-0.3, -0.25) is 0 Å². The zero-order valence-electron chi connectivity index (χ0n) is 8.52. The van der Waals surface area contributed by atoms with Gasteiger partial charge in [0.15, 0.2) is 0 Å². The molecular formula is C12H14ClN. The van der Waals surface area contributed by atoms with Gasteiger partial charge < -0.3 is 5.32 Å². The third kappa shape index (κ3) is 3.06. The molecule has 0 saturated heterocycles. The average Bonchev–Trinajstić information content (AvgIpc) is 2.19. The van der Waals surface area contributed by atoms with Gasteiger partial charge in [-0.15, -0.1) is 0 Å². The lowest BCUT2D eigenvalue weighted by atomic mass is 10.1. The van der Waals surface area contributed by atoms with Crippen LogP contribution in [0.5, 0.6) is 0 Å². The van der Waals surface area contributed by atoms with E-state index in [1.165, 1.54) is 0 Å². The third-order valence-electron chi connectivity index (χ3n) is 1.91. The van der Waals surface area contributed by atoms with Gasteiger partial charge in [-0.25, -0.2) is 0 Å². The average molecular weight is 208 g/mol. The molecule has 0 aliphatic carbocycles. The first-order chi connectivity index (χ1) is 6.75. The molecule has 1 rings (SSSR count). The van der Waals surface area contributed by atoms with Gasteiger partial charge >= 0.3 is 0 Å². The lowest BCUT2D eigenvalue weighted by Gasteiger charge is -1.98. The van der Waals surface area contributed by atoms with Gasteiger partial charge in [0.25, 0.3) is 0 Å². The van der Waals surface area contributed by atoms with Crippen molar-refractivity contribution in [2.75, 3.05) is 13.6 Å². The van der Waals surface area contributed by atoms with Crippen molar-refractivity contribution in [3.63, 3.8) is 0 Å². The summed E-state index contributed by atoms with van der Waals surface area (Å²) in [5.74, 6) is 6.14. The summed E-state index contributed by atoms with van der Waals surface area (Å²) in [4.78, 5) is 0. The molecule has 0 aliphatic heterocycles. The van der Waals surface area contributed by atoms with Gasteiger partial charge in [-0.1, -0.05) is 35.6 Å². The maximum atomic E-state index is 6.09. The molecule has 0 spiro atoms. The number of aryl methyl sites for hydroxylation is 1. The Labute approximate surface area is 90.5 Å². The Morgan fingerprint density at radius 2 is 2.21 bits per heavy atom. The molecule has 2 heteroatoms. The molecular weight excluding hydrogens is 194 g/mol. The maximum Gasteiger partial charge on any atom is 0.0591 e. The summed E-state index contributed by atoms with van der Waals surface area (Å²) in [5, 5.41) is 3.81. The summed E-state index contributed by atoms with van der Waals surface area (Å²) < 4.78 is 0. The van der Waals surface area contributed by atoms with Gasteiger partial charge in [-0.05, 0) is 25.6 Å².